The van der Waals surface area contributed by atoms with Gasteiger partial charge in [-0.3, -0.25) is 4.79 Å². The van der Waals surface area contributed by atoms with E-state index < -0.39 is 0 Å². The molecule has 1 saturated heterocycles. The van der Waals surface area contributed by atoms with Crippen LogP contribution < -0.4 is 10.2 Å². The molecular weight excluding hydrogens is 374 g/mol. The maximum Gasteiger partial charge on any atom is 0.270 e. The molecule has 1 fully saturated rings. The molecule has 1 unspecified atom stereocenters. The Morgan fingerprint density at radius 1 is 1.21 bits per heavy atom. The first-order chi connectivity index (χ1) is 13.4. The molecular formula is C19H23N7OS. The fourth-order valence-electron chi connectivity index (χ4n) is 3.58. The van der Waals surface area contributed by atoms with Gasteiger partial charge in [-0.1, -0.05) is 0 Å². The Labute approximate surface area is 167 Å². The van der Waals surface area contributed by atoms with Gasteiger partial charge in [0.15, 0.2) is 0 Å². The van der Waals surface area contributed by atoms with Crippen LogP contribution in [-0.2, 0) is 7.05 Å². The second-order valence-corrected chi connectivity index (χ2v) is 8.29. The number of amides is 1. The summed E-state index contributed by atoms with van der Waals surface area (Å²) in [4.78, 5) is 33.7. The van der Waals surface area contributed by atoms with Crippen molar-refractivity contribution in [1.82, 2.24) is 29.8 Å². The summed E-state index contributed by atoms with van der Waals surface area (Å²) in [5.74, 6) is 0.603. The first kappa shape index (κ1) is 18.5. The van der Waals surface area contributed by atoms with Crippen molar-refractivity contribution in [3.05, 3.63) is 40.7 Å². The van der Waals surface area contributed by atoms with Gasteiger partial charge in [0.1, 0.15) is 5.69 Å². The number of hydrogen-bond donors (Lipinski definition) is 1. The number of nitrogens with zero attached hydrogens (tertiary/aromatic N) is 6. The molecule has 1 aliphatic rings. The van der Waals surface area contributed by atoms with Crippen molar-refractivity contribution in [2.75, 3.05) is 18.0 Å². The first-order valence-electron chi connectivity index (χ1n) is 9.23. The van der Waals surface area contributed by atoms with Crippen LogP contribution in [0.25, 0.3) is 10.6 Å². The van der Waals surface area contributed by atoms with Crippen LogP contribution in [0.3, 0.4) is 0 Å². The van der Waals surface area contributed by atoms with Gasteiger partial charge in [0.05, 0.1) is 33.3 Å². The monoisotopic (exact) mass is 397 g/mol. The summed E-state index contributed by atoms with van der Waals surface area (Å²) < 4.78 is 1.75. The fourth-order valence-corrected chi connectivity index (χ4v) is 4.47. The summed E-state index contributed by atoms with van der Waals surface area (Å²) in [5.41, 5.74) is 3.23. The van der Waals surface area contributed by atoms with Crippen molar-refractivity contribution in [2.45, 2.75) is 33.2 Å². The van der Waals surface area contributed by atoms with Gasteiger partial charge in [-0.25, -0.2) is 19.9 Å². The Kier molecular flexibility index (Phi) is 4.84. The number of carbonyl (C=O) groups is 1. The largest absolute Gasteiger partial charge is 0.346 e. The van der Waals surface area contributed by atoms with E-state index in [1.807, 2.05) is 33.9 Å². The highest BCUT2D eigenvalue weighted by Gasteiger charge is 2.27. The zero-order valence-corrected chi connectivity index (χ0v) is 17.2. The number of anilines is 1. The molecule has 0 aliphatic carbocycles. The maximum absolute atomic E-state index is 12.6. The van der Waals surface area contributed by atoms with E-state index in [4.69, 9.17) is 4.98 Å². The standard InChI is InChI=1S/C19H23N7OS/c1-11-16(25(4)10-21-11)18(27)23-14-6-8-26(9-14)19-20-7-5-15(24-19)17-12(2)22-13(3)28-17/h5,7,10,14H,6,8-9H2,1-4H3,(H,23,27). The van der Waals surface area contributed by atoms with Crippen molar-refractivity contribution in [1.29, 1.82) is 0 Å². The van der Waals surface area contributed by atoms with Crippen molar-refractivity contribution < 1.29 is 4.79 Å². The van der Waals surface area contributed by atoms with Crippen molar-refractivity contribution in [2.24, 2.45) is 7.05 Å². The minimum Gasteiger partial charge on any atom is -0.346 e. The smallest absolute Gasteiger partial charge is 0.270 e. The van der Waals surface area contributed by atoms with Crippen LogP contribution in [0.5, 0.6) is 0 Å². The molecule has 0 aromatic carbocycles. The highest BCUT2D eigenvalue weighted by Crippen LogP contribution is 2.29. The normalized spacial score (nSPS) is 16.6. The summed E-state index contributed by atoms with van der Waals surface area (Å²) in [6.07, 6.45) is 4.31. The van der Waals surface area contributed by atoms with E-state index in [0.717, 1.165) is 39.9 Å². The molecule has 3 aromatic heterocycles. The number of hydrogen-bond acceptors (Lipinski definition) is 7. The number of aromatic nitrogens is 5. The van der Waals surface area contributed by atoms with E-state index in [9.17, 15) is 4.79 Å². The van der Waals surface area contributed by atoms with Gasteiger partial charge >= 0.3 is 0 Å². The molecule has 1 N–H and O–H groups in total. The summed E-state index contributed by atoms with van der Waals surface area (Å²) in [6, 6.07) is 1.98. The van der Waals surface area contributed by atoms with E-state index >= 15 is 0 Å². The molecule has 146 valence electrons. The number of rotatable bonds is 4. The fraction of sp³-hybridized carbons (Fsp3) is 0.421. The maximum atomic E-state index is 12.6. The molecule has 4 heterocycles. The second-order valence-electron chi connectivity index (χ2n) is 7.08. The molecule has 3 aromatic rings. The highest BCUT2D eigenvalue weighted by atomic mass is 32.1. The first-order valence-corrected chi connectivity index (χ1v) is 10.0. The molecule has 28 heavy (non-hydrogen) atoms. The quantitative estimate of drug-likeness (QED) is 0.726. The molecule has 0 radical (unpaired) electrons. The van der Waals surface area contributed by atoms with Crippen molar-refractivity contribution >= 4 is 23.2 Å². The lowest BCUT2D eigenvalue weighted by Gasteiger charge is -2.17. The van der Waals surface area contributed by atoms with Crippen LogP contribution in [0, 0.1) is 20.8 Å². The van der Waals surface area contributed by atoms with Crippen LogP contribution >= 0.6 is 11.3 Å². The molecule has 1 aliphatic heterocycles. The minimum atomic E-state index is -0.0882. The Morgan fingerprint density at radius 3 is 2.71 bits per heavy atom. The van der Waals surface area contributed by atoms with Gasteiger partial charge in [0.25, 0.3) is 5.91 Å². The van der Waals surface area contributed by atoms with Crippen LogP contribution in [-0.4, -0.2) is 49.5 Å². The third kappa shape index (κ3) is 3.49. The molecule has 8 nitrogen and oxygen atoms in total. The lowest BCUT2D eigenvalue weighted by atomic mass is 10.2. The molecule has 4 rings (SSSR count). The summed E-state index contributed by atoms with van der Waals surface area (Å²) in [5, 5.41) is 4.15. The third-order valence-electron chi connectivity index (χ3n) is 4.92. The zero-order valence-electron chi connectivity index (χ0n) is 16.4. The second kappa shape index (κ2) is 7.31. The van der Waals surface area contributed by atoms with Gasteiger partial charge in [0.2, 0.25) is 5.95 Å². The molecule has 0 spiro atoms. The Balaban J connectivity index is 1.47. The van der Waals surface area contributed by atoms with Crippen LogP contribution in [0.2, 0.25) is 0 Å². The average molecular weight is 398 g/mol. The number of imidazole rings is 1. The van der Waals surface area contributed by atoms with Gasteiger partial charge in [-0.2, -0.15) is 0 Å². The predicted octanol–water partition coefficient (Wildman–Crippen LogP) is 2.27. The molecule has 0 saturated carbocycles. The van der Waals surface area contributed by atoms with Crippen LogP contribution in [0.15, 0.2) is 18.6 Å². The summed E-state index contributed by atoms with van der Waals surface area (Å²) >= 11 is 1.64. The Hall–Kier alpha value is -2.81. The number of carbonyl (C=O) groups excluding carboxylic acids is 1. The van der Waals surface area contributed by atoms with Gasteiger partial charge in [-0.05, 0) is 33.3 Å². The van der Waals surface area contributed by atoms with Gasteiger partial charge in [0, 0.05) is 32.4 Å². The lowest BCUT2D eigenvalue weighted by molar-refractivity contribution is 0.0931. The Morgan fingerprint density at radius 2 is 2.04 bits per heavy atom. The molecule has 9 heteroatoms. The van der Waals surface area contributed by atoms with Crippen molar-refractivity contribution in [3.8, 4) is 10.6 Å². The number of nitrogens with one attached hydrogen (secondary N) is 1. The van der Waals surface area contributed by atoms with E-state index in [0.29, 0.717) is 18.2 Å². The molecule has 1 atom stereocenters. The van der Waals surface area contributed by atoms with Gasteiger partial charge in [-0.15, -0.1) is 11.3 Å². The van der Waals surface area contributed by atoms with Crippen LogP contribution in [0.4, 0.5) is 5.95 Å². The van der Waals surface area contributed by atoms with E-state index in [1.165, 1.54) is 0 Å². The third-order valence-corrected chi connectivity index (χ3v) is 6.02. The minimum absolute atomic E-state index is 0.0569. The summed E-state index contributed by atoms with van der Waals surface area (Å²) in [6.45, 7) is 7.34. The van der Waals surface area contributed by atoms with E-state index in [2.05, 4.69) is 25.2 Å². The predicted molar refractivity (Wildman–Crippen MR) is 109 cm³/mol. The van der Waals surface area contributed by atoms with Gasteiger partial charge < -0.3 is 14.8 Å². The Bertz CT molecular complexity index is 1010. The summed E-state index contributed by atoms with van der Waals surface area (Å²) in [7, 11) is 1.83. The topological polar surface area (TPSA) is 88.8 Å². The van der Waals surface area contributed by atoms with E-state index in [1.54, 1.807) is 28.4 Å². The zero-order chi connectivity index (χ0) is 19.8. The number of aryl methyl sites for hydroxylation is 4. The average Bonchev–Trinajstić information content (AvgIpc) is 3.34. The molecule has 1 amide bonds. The van der Waals surface area contributed by atoms with Crippen LogP contribution in [0.1, 0.15) is 33.3 Å². The molecule has 0 bridgehead atoms. The highest BCUT2D eigenvalue weighted by molar-refractivity contribution is 7.15. The SMILES string of the molecule is Cc1nc(C)c(-c2ccnc(N3CCC(NC(=O)c4c(C)ncn4C)C3)n2)s1. The lowest BCUT2D eigenvalue weighted by Crippen LogP contribution is -2.38. The van der Waals surface area contributed by atoms with Crippen molar-refractivity contribution in [3.63, 3.8) is 0 Å². The number of thiazole rings is 1. The van der Waals surface area contributed by atoms with E-state index in [-0.39, 0.29) is 11.9 Å².